The maximum atomic E-state index is 12.5. The molecule has 2 aliphatic heterocycles. The Hall–Kier alpha value is -2.99. The van der Waals surface area contributed by atoms with E-state index in [1.54, 1.807) is 46.2 Å². The van der Waals surface area contributed by atoms with Gasteiger partial charge < -0.3 is 19.3 Å². The van der Waals surface area contributed by atoms with Gasteiger partial charge in [0.2, 0.25) is 12.7 Å². The Kier molecular flexibility index (Phi) is 5.21. The predicted molar refractivity (Wildman–Crippen MR) is 106 cm³/mol. The minimum atomic E-state index is -0.0729. The van der Waals surface area contributed by atoms with Crippen molar-refractivity contribution in [3.63, 3.8) is 0 Å². The molecular formula is C21H19ClN2O4. The number of nitrogens with zero attached hydrogens (tertiary/aromatic N) is 2. The van der Waals surface area contributed by atoms with Crippen LogP contribution in [0.1, 0.15) is 15.9 Å². The summed E-state index contributed by atoms with van der Waals surface area (Å²) in [7, 11) is 0. The minimum Gasteiger partial charge on any atom is -0.454 e. The molecule has 2 aromatic carbocycles. The highest BCUT2D eigenvalue weighted by Gasteiger charge is 2.24. The molecule has 144 valence electrons. The lowest BCUT2D eigenvalue weighted by molar-refractivity contribution is -0.127. The van der Waals surface area contributed by atoms with E-state index in [2.05, 4.69) is 0 Å². The van der Waals surface area contributed by atoms with Gasteiger partial charge in [-0.1, -0.05) is 17.7 Å². The normalized spacial score (nSPS) is 15.9. The molecule has 2 heterocycles. The third-order valence-electron chi connectivity index (χ3n) is 4.78. The number of carbonyl (C=O) groups is 2. The summed E-state index contributed by atoms with van der Waals surface area (Å²) < 4.78 is 10.6. The number of rotatable bonds is 3. The molecule has 28 heavy (non-hydrogen) atoms. The number of hydrogen-bond acceptors (Lipinski definition) is 4. The molecule has 0 spiro atoms. The fraction of sp³-hybridized carbons (Fsp3) is 0.238. The first kappa shape index (κ1) is 18.4. The van der Waals surface area contributed by atoms with E-state index in [9.17, 15) is 9.59 Å². The minimum absolute atomic E-state index is 0.0420. The molecule has 0 aliphatic carbocycles. The zero-order valence-electron chi connectivity index (χ0n) is 15.1. The molecule has 6 nitrogen and oxygen atoms in total. The van der Waals surface area contributed by atoms with Crippen LogP contribution in [-0.4, -0.2) is 54.6 Å². The van der Waals surface area contributed by atoms with Crippen molar-refractivity contribution in [2.24, 2.45) is 0 Å². The summed E-state index contributed by atoms with van der Waals surface area (Å²) in [6.45, 7) is 2.24. The number of ether oxygens (including phenoxy) is 2. The van der Waals surface area contributed by atoms with Crippen molar-refractivity contribution < 1.29 is 19.1 Å². The lowest BCUT2D eigenvalue weighted by Crippen LogP contribution is -2.50. The Balaban J connectivity index is 1.32. The second kappa shape index (κ2) is 7.94. The Morgan fingerprint density at radius 2 is 1.57 bits per heavy atom. The van der Waals surface area contributed by atoms with Crippen LogP contribution < -0.4 is 9.47 Å². The van der Waals surface area contributed by atoms with E-state index in [0.29, 0.717) is 48.3 Å². The van der Waals surface area contributed by atoms with E-state index in [1.165, 1.54) is 0 Å². The monoisotopic (exact) mass is 398 g/mol. The van der Waals surface area contributed by atoms with Crippen molar-refractivity contribution >= 4 is 29.5 Å². The highest BCUT2D eigenvalue weighted by Crippen LogP contribution is 2.32. The van der Waals surface area contributed by atoms with E-state index in [1.807, 2.05) is 18.2 Å². The number of hydrogen-bond donors (Lipinski definition) is 0. The summed E-state index contributed by atoms with van der Waals surface area (Å²) in [4.78, 5) is 28.5. The van der Waals surface area contributed by atoms with Crippen LogP contribution in [0.3, 0.4) is 0 Å². The predicted octanol–water partition coefficient (Wildman–Crippen LogP) is 3.07. The third kappa shape index (κ3) is 3.97. The number of carbonyl (C=O) groups excluding carboxylic acids is 2. The fourth-order valence-electron chi connectivity index (χ4n) is 3.19. The van der Waals surface area contributed by atoms with Crippen molar-refractivity contribution in [2.45, 2.75) is 0 Å². The van der Waals surface area contributed by atoms with E-state index >= 15 is 0 Å². The van der Waals surface area contributed by atoms with Crippen LogP contribution in [0.15, 0.2) is 48.5 Å². The van der Waals surface area contributed by atoms with E-state index in [-0.39, 0.29) is 18.6 Å². The zero-order chi connectivity index (χ0) is 19.5. The van der Waals surface area contributed by atoms with Crippen molar-refractivity contribution in [1.29, 1.82) is 0 Å². The molecule has 0 aromatic heterocycles. The number of piperazine rings is 1. The van der Waals surface area contributed by atoms with Crippen molar-refractivity contribution in [1.82, 2.24) is 9.80 Å². The quantitative estimate of drug-likeness (QED) is 0.745. The smallest absolute Gasteiger partial charge is 0.253 e. The third-order valence-corrected chi connectivity index (χ3v) is 5.04. The van der Waals surface area contributed by atoms with Gasteiger partial charge >= 0.3 is 0 Å². The maximum absolute atomic E-state index is 12.5. The molecule has 1 fully saturated rings. The van der Waals surface area contributed by atoms with Gasteiger partial charge in [0.15, 0.2) is 11.5 Å². The van der Waals surface area contributed by atoms with Gasteiger partial charge in [0.25, 0.3) is 5.91 Å². The van der Waals surface area contributed by atoms with Gasteiger partial charge in [0.1, 0.15) is 0 Å². The zero-order valence-corrected chi connectivity index (χ0v) is 15.9. The summed E-state index contributed by atoms with van der Waals surface area (Å²) >= 11 is 5.87. The van der Waals surface area contributed by atoms with Crippen LogP contribution in [0.4, 0.5) is 0 Å². The lowest BCUT2D eigenvalue weighted by atomic mass is 10.1. The summed E-state index contributed by atoms with van der Waals surface area (Å²) in [5.41, 5.74) is 1.47. The van der Waals surface area contributed by atoms with E-state index < -0.39 is 0 Å². The second-order valence-corrected chi connectivity index (χ2v) is 7.01. The van der Waals surface area contributed by atoms with Crippen LogP contribution in [0.25, 0.3) is 6.08 Å². The van der Waals surface area contributed by atoms with E-state index in [0.717, 1.165) is 5.56 Å². The van der Waals surface area contributed by atoms with E-state index in [4.69, 9.17) is 21.1 Å². The number of fused-ring (bicyclic) bond motifs is 1. The summed E-state index contributed by atoms with van der Waals surface area (Å²) in [6.07, 6.45) is 3.31. The maximum Gasteiger partial charge on any atom is 0.253 e. The molecule has 0 unspecified atom stereocenters. The topological polar surface area (TPSA) is 59.1 Å². The molecular weight excluding hydrogens is 380 g/mol. The Morgan fingerprint density at radius 1 is 0.893 bits per heavy atom. The summed E-state index contributed by atoms with van der Waals surface area (Å²) in [6, 6.07) is 12.4. The average Bonchev–Trinajstić information content (AvgIpc) is 3.20. The molecule has 2 aliphatic rings. The Bertz CT molecular complexity index is 919. The van der Waals surface area contributed by atoms with Gasteiger partial charge in [-0.25, -0.2) is 0 Å². The highest BCUT2D eigenvalue weighted by molar-refractivity contribution is 6.30. The van der Waals surface area contributed by atoms with Gasteiger partial charge in [0, 0.05) is 42.8 Å². The SMILES string of the molecule is O=C(/C=C/c1ccc2c(c1)OCO2)N1CCN(C(=O)c2ccc(Cl)cc2)CC1. The molecule has 0 radical (unpaired) electrons. The number of amides is 2. The van der Waals surface area contributed by atoms with Crippen molar-refractivity contribution in [3.05, 3.63) is 64.7 Å². The summed E-state index contributed by atoms with van der Waals surface area (Å²) in [5, 5.41) is 0.598. The van der Waals surface area contributed by atoms with Crippen molar-refractivity contribution in [2.75, 3.05) is 33.0 Å². The van der Waals surface area contributed by atoms with Gasteiger partial charge in [-0.15, -0.1) is 0 Å². The molecule has 0 saturated carbocycles. The first-order valence-electron chi connectivity index (χ1n) is 9.02. The molecule has 0 N–H and O–H groups in total. The molecule has 7 heteroatoms. The molecule has 2 amide bonds. The lowest BCUT2D eigenvalue weighted by Gasteiger charge is -2.34. The molecule has 0 bridgehead atoms. The molecule has 4 rings (SSSR count). The van der Waals surface area contributed by atoms with Crippen LogP contribution in [0.2, 0.25) is 5.02 Å². The highest BCUT2D eigenvalue weighted by atomic mass is 35.5. The largest absolute Gasteiger partial charge is 0.454 e. The van der Waals surface area contributed by atoms with Crippen LogP contribution in [0.5, 0.6) is 11.5 Å². The second-order valence-electron chi connectivity index (χ2n) is 6.57. The first-order chi connectivity index (χ1) is 13.6. The number of halogens is 1. The standard InChI is InChI=1S/C21H19ClN2O4/c22-17-5-3-16(4-6-17)21(26)24-11-9-23(10-12-24)20(25)8-2-15-1-7-18-19(13-15)28-14-27-18/h1-8,13H,9-12,14H2/b8-2+. The van der Waals surface area contributed by atoms with Gasteiger partial charge in [-0.3, -0.25) is 9.59 Å². The number of benzene rings is 2. The van der Waals surface area contributed by atoms with Crippen LogP contribution in [-0.2, 0) is 4.79 Å². The molecule has 1 saturated heterocycles. The summed E-state index contributed by atoms with van der Waals surface area (Å²) in [5.74, 6) is 1.28. The Labute approximate surface area is 167 Å². The van der Waals surface area contributed by atoms with Crippen LogP contribution >= 0.6 is 11.6 Å². The first-order valence-corrected chi connectivity index (χ1v) is 9.39. The average molecular weight is 399 g/mol. The van der Waals surface area contributed by atoms with Crippen molar-refractivity contribution in [3.8, 4) is 11.5 Å². The van der Waals surface area contributed by atoms with Crippen LogP contribution in [0, 0.1) is 0 Å². The molecule has 2 aromatic rings. The van der Waals surface area contributed by atoms with Gasteiger partial charge in [-0.05, 0) is 48.0 Å². The Morgan fingerprint density at radius 3 is 2.32 bits per heavy atom. The molecule has 0 atom stereocenters. The van der Waals surface area contributed by atoms with Gasteiger partial charge in [-0.2, -0.15) is 0 Å². The fourth-order valence-corrected chi connectivity index (χ4v) is 3.32. The van der Waals surface area contributed by atoms with Gasteiger partial charge in [0.05, 0.1) is 0 Å².